The maximum Gasteiger partial charge on any atom is 0.246 e. The summed E-state index contributed by atoms with van der Waals surface area (Å²) in [5.74, 6) is 0.00884. The maximum absolute atomic E-state index is 13.1. The average molecular weight is 338 g/mol. The van der Waals surface area contributed by atoms with E-state index in [0.717, 1.165) is 37.2 Å². The van der Waals surface area contributed by atoms with E-state index in [4.69, 9.17) is 4.74 Å². The third kappa shape index (κ3) is 4.68. The first-order chi connectivity index (χ1) is 12.3. The molecule has 0 bridgehead atoms. The molecular formula is C21H26N2O2. The monoisotopic (exact) mass is 338 g/mol. The van der Waals surface area contributed by atoms with Gasteiger partial charge in [0.2, 0.25) is 5.91 Å². The number of carbonyl (C=O) groups is 1. The van der Waals surface area contributed by atoms with Gasteiger partial charge in [-0.2, -0.15) is 0 Å². The molecule has 2 atom stereocenters. The van der Waals surface area contributed by atoms with Crippen LogP contribution in [0.5, 0.6) is 0 Å². The van der Waals surface area contributed by atoms with Crippen LogP contribution in [0.1, 0.15) is 31.4 Å². The molecule has 1 saturated heterocycles. The van der Waals surface area contributed by atoms with E-state index < -0.39 is 0 Å². The fourth-order valence-corrected chi connectivity index (χ4v) is 3.47. The van der Waals surface area contributed by atoms with E-state index in [0.29, 0.717) is 6.61 Å². The van der Waals surface area contributed by atoms with Crippen LogP contribution in [0.25, 0.3) is 0 Å². The van der Waals surface area contributed by atoms with Gasteiger partial charge >= 0.3 is 0 Å². The summed E-state index contributed by atoms with van der Waals surface area (Å²) in [4.78, 5) is 15.3. The van der Waals surface area contributed by atoms with Crippen molar-refractivity contribution in [3.63, 3.8) is 0 Å². The number of nitrogens with one attached hydrogen (secondary N) is 1. The van der Waals surface area contributed by atoms with E-state index in [-0.39, 0.29) is 18.1 Å². The van der Waals surface area contributed by atoms with Gasteiger partial charge in [0.05, 0.1) is 6.10 Å². The Morgan fingerprint density at radius 2 is 1.84 bits per heavy atom. The van der Waals surface area contributed by atoms with Gasteiger partial charge < -0.3 is 10.1 Å². The zero-order valence-electron chi connectivity index (χ0n) is 14.7. The second-order valence-electron chi connectivity index (χ2n) is 6.38. The molecular weight excluding hydrogens is 312 g/mol. The molecule has 2 aromatic carbocycles. The first-order valence-corrected chi connectivity index (χ1v) is 9.04. The van der Waals surface area contributed by atoms with Gasteiger partial charge in [-0.05, 0) is 44.0 Å². The lowest BCUT2D eigenvalue weighted by Crippen LogP contribution is -2.45. The summed E-state index contributed by atoms with van der Waals surface area (Å²) in [6.07, 6.45) is 2.31. The quantitative estimate of drug-likeness (QED) is 0.869. The highest BCUT2D eigenvalue weighted by Gasteiger charge is 2.32. The average Bonchev–Trinajstić information content (AvgIpc) is 2.64. The number of anilines is 1. The Hall–Kier alpha value is -2.17. The molecule has 1 aliphatic heterocycles. The molecule has 0 saturated carbocycles. The maximum atomic E-state index is 13.1. The largest absolute Gasteiger partial charge is 0.377 e. The number of carbonyl (C=O) groups excluding carboxylic acids is 1. The SMILES string of the molecule is CCOC1CCCN(C(C(=O)Nc2ccccc2)c2ccccc2)C1. The molecule has 25 heavy (non-hydrogen) atoms. The fraction of sp³-hybridized carbons (Fsp3) is 0.381. The van der Waals surface area contributed by atoms with Gasteiger partial charge in [0.25, 0.3) is 0 Å². The standard InChI is InChI=1S/C21H26N2O2/c1-2-25-19-14-9-15-23(16-19)20(17-10-5-3-6-11-17)21(24)22-18-12-7-4-8-13-18/h3-8,10-13,19-20H,2,9,14-16H2,1H3,(H,22,24). The Balaban J connectivity index is 1.81. The fourth-order valence-electron chi connectivity index (χ4n) is 3.47. The summed E-state index contributed by atoms with van der Waals surface area (Å²) in [6.45, 7) is 4.43. The van der Waals surface area contributed by atoms with Crippen LogP contribution in [0.15, 0.2) is 60.7 Å². The Morgan fingerprint density at radius 1 is 1.16 bits per heavy atom. The summed E-state index contributed by atoms with van der Waals surface area (Å²) in [5.41, 5.74) is 1.85. The lowest BCUT2D eigenvalue weighted by atomic mass is 9.99. The van der Waals surface area contributed by atoms with E-state index in [2.05, 4.69) is 10.2 Å². The number of amides is 1. The first-order valence-electron chi connectivity index (χ1n) is 9.04. The molecule has 0 aromatic heterocycles. The number of likely N-dealkylation sites (tertiary alicyclic amines) is 1. The van der Waals surface area contributed by atoms with Crippen molar-refractivity contribution >= 4 is 11.6 Å². The van der Waals surface area contributed by atoms with Gasteiger partial charge in [-0.15, -0.1) is 0 Å². The van der Waals surface area contributed by atoms with Gasteiger partial charge in [0, 0.05) is 18.8 Å². The third-order valence-electron chi connectivity index (χ3n) is 4.58. The number of ether oxygens (including phenoxy) is 1. The van der Waals surface area contributed by atoms with E-state index >= 15 is 0 Å². The number of benzene rings is 2. The molecule has 3 rings (SSSR count). The zero-order valence-corrected chi connectivity index (χ0v) is 14.7. The lowest BCUT2D eigenvalue weighted by Gasteiger charge is -2.37. The number of para-hydroxylation sites is 1. The molecule has 0 spiro atoms. The minimum absolute atomic E-state index is 0.00884. The normalized spacial score (nSPS) is 19.3. The molecule has 1 amide bonds. The summed E-state index contributed by atoms with van der Waals surface area (Å²) in [5, 5.41) is 3.06. The van der Waals surface area contributed by atoms with Crippen molar-refractivity contribution in [2.24, 2.45) is 0 Å². The first kappa shape index (κ1) is 17.6. The van der Waals surface area contributed by atoms with Crippen LogP contribution in [-0.4, -0.2) is 36.6 Å². The molecule has 2 unspecified atom stereocenters. The van der Waals surface area contributed by atoms with Gasteiger partial charge in [-0.1, -0.05) is 48.5 Å². The Morgan fingerprint density at radius 3 is 2.52 bits per heavy atom. The molecule has 1 heterocycles. The number of hydrogen-bond donors (Lipinski definition) is 1. The van der Waals surface area contributed by atoms with Crippen molar-refractivity contribution in [3.05, 3.63) is 66.2 Å². The van der Waals surface area contributed by atoms with Crippen molar-refractivity contribution in [3.8, 4) is 0 Å². The molecule has 1 fully saturated rings. The highest BCUT2D eigenvalue weighted by molar-refractivity contribution is 5.95. The Bertz CT molecular complexity index is 658. The minimum Gasteiger partial charge on any atom is -0.377 e. The van der Waals surface area contributed by atoms with Crippen LogP contribution < -0.4 is 5.32 Å². The van der Waals surface area contributed by atoms with Crippen molar-refractivity contribution in [1.29, 1.82) is 0 Å². The van der Waals surface area contributed by atoms with Crippen LogP contribution in [0.3, 0.4) is 0 Å². The van der Waals surface area contributed by atoms with Crippen LogP contribution in [-0.2, 0) is 9.53 Å². The van der Waals surface area contributed by atoms with E-state index in [1.807, 2.05) is 67.6 Å². The van der Waals surface area contributed by atoms with Crippen LogP contribution in [0.2, 0.25) is 0 Å². The van der Waals surface area contributed by atoms with Crippen molar-refractivity contribution in [1.82, 2.24) is 4.90 Å². The summed E-state index contributed by atoms with van der Waals surface area (Å²) in [6, 6.07) is 19.3. The molecule has 1 N–H and O–H groups in total. The van der Waals surface area contributed by atoms with E-state index in [1.165, 1.54) is 0 Å². The smallest absolute Gasteiger partial charge is 0.246 e. The molecule has 132 valence electrons. The number of nitrogens with zero attached hydrogens (tertiary/aromatic N) is 1. The molecule has 0 aliphatic carbocycles. The topological polar surface area (TPSA) is 41.6 Å². The molecule has 1 aliphatic rings. The second-order valence-corrected chi connectivity index (χ2v) is 6.38. The predicted molar refractivity (Wildman–Crippen MR) is 100 cm³/mol. The molecule has 4 heteroatoms. The molecule has 2 aromatic rings. The van der Waals surface area contributed by atoms with Crippen LogP contribution in [0.4, 0.5) is 5.69 Å². The van der Waals surface area contributed by atoms with E-state index in [9.17, 15) is 4.79 Å². The Labute approximate surface area is 149 Å². The summed E-state index contributed by atoms with van der Waals surface area (Å²) >= 11 is 0. The van der Waals surface area contributed by atoms with Gasteiger partial charge in [-0.25, -0.2) is 0 Å². The number of rotatable bonds is 6. The minimum atomic E-state index is -0.301. The second kappa shape index (κ2) is 8.79. The highest BCUT2D eigenvalue weighted by Crippen LogP contribution is 2.27. The zero-order chi connectivity index (χ0) is 17.5. The Kier molecular flexibility index (Phi) is 6.20. The number of piperidine rings is 1. The van der Waals surface area contributed by atoms with E-state index in [1.54, 1.807) is 0 Å². The predicted octanol–water partition coefficient (Wildman–Crippen LogP) is 3.87. The van der Waals surface area contributed by atoms with Crippen molar-refractivity contribution in [2.75, 3.05) is 25.0 Å². The molecule has 4 nitrogen and oxygen atoms in total. The van der Waals surface area contributed by atoms with Gasteiger partial charge in [-0.3, -0.25) is 9.69 Å². The highest BCUT2D eigenvalue weighted by atomic mass is 16.5. The van der Waals surface area contributed by atoms with Crippen molar-refractivity contribution in [2.45, 2.75) is 31.9 Å². The summed E-state index contributed by atoms with van der Waals surface area (Å²) < 4.78 is 5.82. The number of hydrogen-bond acceptors (Lipinski definition) is 3. The third-order valence-corrected chi connectivity index (χ3v) is 4.58. The van der Waals surface area contributed by atoms with Crippen LogP contribution >= 0.6 is 0 Å². The summed E-state index contributed by atoms with van der Waals surface area (Å²) in [7, 11) is 0. The van der Waals surface area contributed by atoms with Crippen molar-refractivity contribution < 1.29 is 9.53 Å². The van der Waals surface area contributed by atoms with Gasteiger partial charge in [0.1, 0.15) is 6.04 Å². The van der Waals surface area contributed by atoms with Crippen LogP contribution in [0, 0.1) is 0 Å². The molecule has 0 radical (unpaired) electrons. The van der Waals surface area contributed by atoms with Gasteiger partial charge in [0.15, 0.2) is 0 Å². The lowest BCUT2D eigenvalue weighted by molar-refractivity contribution is -0.123.